The van der Waals surface area contributed by atoms with Gasteiger partial charge in [0.25, 0.3) is 0 Å². The lowest BCUT2D eigenvalue weighted by Gasteiger charge is -2.06. The van der Waals surface area contributed by atoms with E-state index in [2.05, 4.69) is 22.5 Å². The molecular formula is C13H18N4. The van der Waals surface area contributed by atoms with E-state index in [0.717, 1.165) is 30.2 Å². The van der Waals surface area contributed by atoms with Crippen molar-refractivity contribution in [3.05, 3.63) is 41.6 Å². The smallest absolute Gasteiger partial charge is 0.124 e. The molecule has 4 heteroatoms. The summed E-state index contributed by atoms with van der Waals surface area (Å²) in [6, 6.07) is 10.0. The Balaban J connectivity index is 1.87. The van der Waals surface area contributed by atoms with Crippen LogP contribution < -0.4 is 11.1 Å². The Kier molecular flexibility index (Phi) is 3.32. The Morgan fingerprint density at radius 2 is 2.00 bits per heavy atom. The molecular weight excluding hydrogens is 212 g/mol. The Bertz CT molecular complexity index is 485. The fraction of sp³-hybridized carbons (Fsp3) is 0.308. The van der Waals surface area contributed by atoms with Crippen LogP contribution in [0.25, 0.3) is 0 Å². The Labute approximate surface area is 101 Å². The van der Waals surface area contributed by atoms with Gasteiger partial charge in [-0.2, -0.15) is 5.10 Å². The molecule has 4 nitrogen and oxygen atoms in total. The maximum absolute atomic E-state index is 5.64. The maximum atomic E-state index is 5.64. The van der Waals surface area contributed by atoms with Crippen LogP contribution in [-0.4, -0.2) is 16.3 Å². The molecule has 17 heavy (non-hydrogen) atoms. The quantitative estimate of drug-likeness (QED) is 0.789. The number of aryl methyl sites for hydroxylation is 2. The molecule has 0 aliphatic carbocycles. The molecule has 2 rings (SSSR count). The molecule has 0 atom stereocenters. The monoisotopic (exact) mass is 230 g/mol. The van der Waals surface area contributed by atoms with Crippen LogP contribution in [0.2, 0.25) is 0 Å². The largest absolute Gasteiger partial charge is 0.399 e. The highest BCUT2D eigenvalue weighted by Crippen LogP contribution is 2.09. The zero-order valence-corrected chi connectivity index (χ0v) is 10.3. The van der Waals surface area contributed by atoms with Gasteiger partial charge in [-0.1, -0.05) is 12.1 Å². The van der Waals surface area contributed by atoms with Crippen LogP contribution in [0.3, 0.4) is 0 Å². The van der Waals surface area contributed by atoms with Crippen LogP contribution in [0.15, 0.2) is 30.3 Å². The molecule has 0 bridgehead atoms. The van der Waals surface area contributed by atoms with Gasteiger partial charge in [0.2, 0.25) is 0 Å². The van der Waals surface area contributed by atoms with Crippen LogP contribution in [0.1, 0.15) is 11.3 Å². The Morgan fingerprint density at radius 3 is 2.59 bits per heavy atom. The average molecular weight is 230 g/mol. The number of nitrogen functional groups attached to an aromatic ring is 1. The zero-order chi connectivity index (χ0) is 12.3. The van der Waals surface area contributed by atoms with Gasteiger partial charge >= 0.3 is 0 Å². The van der Waals surface area contributed by atoms with Gasteiger partial charge in [0, 0.05) is 25.3 Å². The second-order valence-electron chi connectivity index (χ2n) is 4.21. The van der Waals surface area contributed by atoms with E-state index in [-0.39, 0.29) is 0 Å². The minimum Gasteiger partial charge on any atom is -0.399 e. The van der Waals surface area contributed by atoms with Crippen molar-refractivity contribution in [2.75, 3.05) is 17.6 Å². The minimum atomic E-state index is 0.809. The van der Waals surface area contributed by atoms with Crippen LogP contribution >= 0.6 is 0 Å². The highest BCUT2D eigenvalue weighted by Gasteiger charge is 2.00. The summed E-state index contributed by atoms with van der Waals surface area (Å²) < 4.78 is 1.86. The van der Waals surface area contributed by atoms with E-state index in [1.54, 1.807) is 0 Å². The number of rotatable bonds is 4. The van der Waals surface area contributed by atoms with Crippen molar-refractivity contribution >= 4 is 11.5 Å². The molecule has 0 amide bonds. The van der Waals surface area contributed by atoms with E-state index in [9.17, 15) is 0 Å². The summed E-state index contributed by atoms with van der Waals surface area (Å²) in [7, 11) is 1.94. The van der Waals surface area contributed by atoms with Gasteiger partial charge in [0.1, 0.15) is 5.82 Å². The second-order valence-corrected chi connectivity index (χ2v) is 4.21. The standard InChI is InChI=1S/C13H18N4/c1-10-9-13(17(2)16-10)15-8-7-11-3-5-12(14)6-4-11/h3-6,9,15H,7-8,14H2,1-2H3. The molecule has 0 fully saturated rings. The lowest BCUT2D eigenvalue weighted by atomic mass is 10.1. The van der Waals surface area contributed by atoms with Gasteiger partial charge in [-0.15, -0.1) is 0 Å². The molecule has 1 aromatic heterocycles. The molecule has 1 heterocycles. The normalized spacial score (nSPS) is 10.5. The fourth-order valence-electron chi connectivity index (χ4n) is 1.80. The molecule has 0 spiro atoms. The molecule has 0 saturated carbocycles. The van der Waals surface area contributed by atoms with Crippen molar-refractivity contribution in [2.24, 2.45) is 7.05 Å². The number of nitrogens with one attached hydrogen (secondary N) is 1. The van der Waals surface area contributed by atoms with E-state index in [4.69, 9.17) is 5.73 Å². The van der Waals surface area contributed by atoms with E-state index < -0.39 is 0 Å². The van der Waals surface area contributed by atoms with Gasteiger partial charge < -0.3 is 11.1 Å². The predicted molar refractivity (Wildman–Crippen MR) is 71.0 cm³/mol. The van der Waals surface area contributed by atoms with E-state index in [0.29, 0.717) is 0 Å². The van der Waals surface area contributed by atoms with Crippen molar-refractivity contribution in [1.82, 2.24) is 9.78 Å². The summed E-state index contributed by atoms with van der Waals surface area (Å²) in [5.74, 6) is 1.05. The highest BCUT2D eigenvalue weighted by atomic mass is 15.3. The third-order valence-electron chi connectivity index (χ3n) is 2.70. The SMILES string of the molecule is Cc1cc(NCCc2ccc(N)cc2)n(C)n1. The maximum Gasteiger partial charge on any atom is 0.124 e. The molecule has 0 radical (unpaired) electrons. The first kappa shape index (κ1) is 11.5. The molecule has 0 unspecified atom stereocenters. The number of nitrogens with zero attached hydrogens (tertiary/aromatic N) is 2. The summed E-state index contributed by atoms with van der Waals surface area (Å²) in [6.45, 7) is 2.88. The fourth-order valence-corrected chi connectivity index (χ4v) is 1.80. The van der Waals surface area contributed by atoms with Crippen molar-refractivity contribution in [1.29, 1.82) is 0 Å². The van der Waals surface area contributed by atoms with Gasteiger partial charge in [-0.25, -0.2) is 0 Å². The second kappa shape index (κ2) is 4.91. The van der Waals surface area contributed by atoms with Crippen molar-refractivity contribution in [3.63, 3.8) is 0 Å². The summed E-state index contributed by atoms with van der Waals surface area (Å²) in [4.78, 5) is 0. The van der Waals surface area contributed by atoms with Crippen LogP contribution in [0.4, 0.5) is 11.5 Å². The minimum absolute atomic E-state index is 0.809. The lowest BCUT2D eigenvalue weighted by molar-refractivity contribution is 0.757. The molecule has 0 aliphatic rings. The number of benzene rings is 1. The topological polar surface area (TPSA) is 55.9 Å². The van der Waals surface area contributed by atoms with E-state index in [1.807, 2.05) is 36.9 Å². The van der Waals surface area contributed by atoms with Crippen molar-refractivity contribution < 1.29 is 0 Å². The molecule has 90 valence electrons. The molecule has 2 aromatic rings. The number of hydrogen-bond acceptors (Lipinski definition) is 3. The van der Waals surface area contributed by atoms with Crippen LogP contribution in [0, 0.1) is 6.92 Å². The average Bonchev–Trinajstić information content (AvgIpc) is 2.60. The van der Waals surface area contributed by atoms with Crippen molar-refractivity contribution in [3.8, 4) is 0 Å². The first-order chi connectivity index (χ1) is 8.15. The summed E-state index contributed by atoms with van der Waals surface area (Å²) in [5.41, 5.74) is 8.76. The molecule has 1 aromatic carbocycles. The van der Waals surface area contributed by atoms with Gasteiger partial charge in [0.05, 0.1) is 5.69 Å². The number of hydrogen-bond donors (Lipinski definition) is 2. The summed E-state index contributed by atoms with van der Waals surface area (Å²) in [6.07, 6.45) is 0.977. The third-order valence-corrected chi connectivity index (χ3v) is 2.70. The Hall–Kier alpha value is -1.97. The van der Waals surface area contributed by atoms with Crippen molar-refractivity contribution in [2.45, 2.75) is 13.3 Å². The number of aromatic nitrogens is 2. The van der Waals surface area contributed by atoms with Gasteiger partial charge in [-0.05, 0) is 31.0 Å². The Morgan fingerprint density at radius 1 is 1.29 bits per heavy atom. The molecule has 0 aliphatic heterocycles. The van der Waals surface area contributed by atoms with Crippen LogP contribution in [-0.2, 0) is 13.5 Å². The van der Waals surface area contributed by atoms with E-state index in [1.165, 1.54) is 5.56 Å². The highest BCUT2D eigenvalue weighted by molar-refractivity contribution is 5.40. The third kappa shape index (κ3) is 3.00. The molecule has 0 saturated heterocycles. The molecule has 3 N–H and O–H groups in total. The van der Waals surface area contributed by atoms with Gasteiger partial charge in [-0.3, -0.25) is 4.68 Å². The predicted octanol–water partition coefficient (Wildman–Crippen LogP) is 1.97. The number of anilines is 2. The first-order valence-corrected chi connectivity index (χ1v) is 5.74. The van der Waals surface area contributed by atoms with Gasteiger partial charge in [0.15, 0.2) is 0 Å². The zero-order valence-electron chi connectivity index (χ0n) is 10.3. The summed E-state index contributed by atoms with van der Waals surface area (Å²) in [5, 5.41) is 7.65. The lowest BCUT2D eigenvalue weighted by Crippen LogP contribution is -2.08. The first-order valence-electron chi connectivity index (χ1n) is 5.74. The van der Waals surface area contributed by atoms with E-state index >= 15 is 0 Å². The summed E-state index contributed by atoms with van der Waals surface area (Å²) >= 11 is 0. The van der Waals surface area contributed by atoms with Crippen LogP contribution in [0.5, 0.6) is 0 Å². The number of nitrogens with two attached hydrogens (primary N) is 1.